The average molecular weight is 229 g/mol. The molecule has 0 radical (unpaired) electrons. The van der Waals surface area contributed by atoms with Gasteiger partial charge in [0.1, 0.15) is 5.82 Å². The summed E-state index contributed by atoms with van der Waals surface area (Å²) >= 11 is 5.86. The number of likely N-dealkylation sites (tertiary alicyclic amines) is 1. The normalized spacial score (nSPS) is 27.2. The van der Waals surface area contributed by atoms with Crippen LogP contribution in [0.15, 0.2) is 18.2 Å². The third kappa shape index (κ3) is 2.00. The quantitative estimate of drug-likeness (QED) is 0.799. The zero-order valence-corrected chi connectivity index (χ0v) is 9.34. The smallest absolute Gasteiger partial charge is 0.128 e. The number of hydrogen-bond acceptors (Lipinski definition) is 2. The first-order valence-corrected chi connectivity index (χ1v) is 5.38. The molecular weight excluding hydrogens is 215 g/mol. The molecule has 0 aliphatic carbocycles. The SMILES string of the molecule is CN1CCC(N)C1c1cc(Cl)ccc1F. The van der Waals surface area contributed by atoms with Crippen molar-refractivity contribution in [2.24, 2.45) is 5.73 Å². The molecule has 1 aromatic rings. The number of halogens is 2. The Morgan fingerprint density at radius 2 is 2.27 bits per heavy atom. The van der Waals surface area contributed by atoms with Crippen LogP contribution in [0.1, 0.15) is 18.0 Å². The lowest BCUT2D eigenvalue weighted by atomic mass is 10.0. The van der Waals surface area contributed by atoms with Gasteiger partial charge >= 0.3 is 0 Å². The van der Waals surface area contributed by atoms with Gasteiger partial charge in [0.25, 0.3) is 0 Å². The van der Waals surface area contributed by atoms with Crippen LogP contribution in [0.5, 0.6) is 0 Å². The molecule has 0 saturated carbocycles. The van der Waals surface area contributed by atoms with Gasteiger partial charge in [-0.1, -0.05) is 11.6 Å². The standard InChI is InChI=1S/C11H14ClFN2/c1-15-5-4-10(14)11(15)8-6-7(12)2-3-9(8)13/h2-3,6,10-11H,4-5,14H2,1H3. The zero-order valence-electron chi connectivity index (χ0n) is 8.58. The van der Waals surface area contributed by atoms with E-state index < -0.39 is 0 Å². The molecule has 1 aliphatic rings. The molecule has 2 rings (SSSR count). The molecule has 1 fully saturated rings. The Labute approximate surface area is 93.8 Å². The van der Waals surface area contributed by atoms with Crippen LogP contribution < -0.4 is 5.73 Å². The zero-order chi connectivity index (χ0) is 11.0. The van der Waals surface area contributed by atoms with E-state index in [4.69, 9.17) is 17.3 Å². The maximum Gasteiger partial charge on any atom is 0.128 e. The molecule has 4 heteroatoms. The van der Waals surface area contributed by atoms with Gasteiger partial charge in [0.15, 0.2) is 0 Å². The molecule has 0 bridgehead atoms. The Kier molecular flexibility index (Phi) is 2.96. The van der Waals surface area contributed by atoms with Crippen molar-refractivity contribution in [3.8, 4) is 0 Å². The summed E-state index contributed by atoms with van der Waals surface area (Å²) in [5.74, 6) is -0.228. The lowest BCUT2D eigenvalue weighted by Gasteiger charge is -2.23. The second-order valence-corrected chi connectivity index (χ2v) is 4.48. The van der Waals surface area contributed by atoms with Gasteiger partial charge in [-0.25, -0.2) is 4.39 Å². The number of nitrogens with two attached hydrogens (primary N) is 1. The van der Waals surface area contributed by atoms with E-state index >= 15 is 0 Å². The van der Waals surface area contributed by atoms with Gasteiger partial charge in [0.2, 0.25) is 0 Å². The molecule has 15 heavy (non-hydrogen) atoms. The van der Waals surface area contributed by atoms with Gasteiger partial charge in [-0.05, 0) is 31.7 Å². The lowest BCUT2D eigenvalue weighted by molar-refractivity contribution is 0.296. The third-order valence-corrected chi connectivity index (χ3v) is 3.21. The van der Waals surface area contributed by atoms with E-state index in [1.165, 1.54) is 6.07 Å². The highest BCUT2D eigenvalue weighted by Crippen LogP contribution is 2.32. The minimum Gasteiger partial charge on any atom is -0.326 e. The molecule has 1 saturated heterocycles. The van der Waals surface area contributed by atoms with Gasteiger partial charge in [-0.2, -0.15) is 0 Å². The lowest BCUT2D eigenvalue weighted by Crippen LogP contribution is -2.30. The third-order valence-electron chi connectivity index (χ3n) is 2.97. The minimum absolute atomic E-state index is 0.0111. The number of rotatable bonds is 1. The summed E-state index contributed by atoms with van der Waals surface area (Å²) in [6, 6.07) is 4.56. The number of likely N-dealkylation sites (N-methyl/N-ethyl adjacent to an activating group) is 1. The van der Waals surface area contributed by atoms with Crippen LogP contribution in [0.25, 0.3) is 0 Å². The first-order valence-electron chi connectivity index (χ1n) is 5.00. The Morgan fingerprint density at radius 1 is 1.53 bits per heavy atom. The van der Waals surface area contributed by atoms with E-state index in [2.05, 4.69) is 4.90 Å². The van der Waals surface area contributed by atoms with Crippen molar-refractivity contribution >= 4 is 11.6 Å². The van der Waals surface area contributed by atoms with E-state index in [0.29, 0.717) is 10.6 Å². The van der Waals surface area contributed by atoms with Crippen molar-refractivity contribution in [2.45, 2.75) is 18.5 Å². The van der Waals surface area contributed by atoms with Crippen LogP contribution in [0.3, 0.4) is 0 Å². The summed E-state index contributed by atoms with van der Waals surface area (Å²) in [6.07, 6.45) is 0.896. The Hall–Kier alpha value is -0.640. The summed E-state index contributed by atoms with van der Waals surface area (Å²) in [7, 11) is 1.96. The van der Waals surface area contributed by atoms with Gasteiger partial charge in [-0.3, -0.25) is 4.90 Å². The van der Waals surface area contributed by atoms with Crippen LogP contribution in [0.2, 0.25) is 5.02 Å². The van der Waals surface area contributed by atoms with Gasteiger partial charge < -0.3 is 5.73 Å². The van der Waals surface area contributed by atoms with Crippen molar-refractivity contribution in [1.29, 1.82) is 0 Å². The first-order chi connectivity index (χ1) is 7.09. The van der Waals surface area contributed by atoms with E-state index in [-0.39, 0.29) is 17.9 Å². The van der Waals surface area contributed by atoms with Crippen molar-refractivity contribution in [3.63, 3.8) is 0 Å². The summed E-state index contributed by atoms with van der Waals surface area (Å²) < 4.78 is 13.6. The molecule has 1 aromatic carbocycles. The molecule has 0 amide bonds. The molecule has 1 heterocycles. The van der Waals surface area contributed by atoms with Crippen molar-refractivity contribution in [1.82, 2.24) is 4.90 Å². The van der Waals surface area contributed by atoms with Crippen molar-refractivity contribution in [2.75, 3.05) is 13.6 Å². The monoisotopic (exact) mass is 228 g/mol. The van der Waals surface area contributed by atoms with Crippen LogP contribution in [0, 0.1) is 5.82 Å². The summed E-state index contributed by atoms with van der Waals surface area (Å²) in [5.41, 5.74) is 6.58. The molecule has 82 valence electrons. The fourth-order valence-electron chi connectivity index (χ4n) is 2.19. The van der Waals surface area contributed by atoms with Gasteiger partial charge in [0, 0.05) is 23.2 Å². The van der Waals surface area contributed by atoms with Crippen LogP contribution in [-0.2, 0) is 0 Å². The van der Waals surface area contributed by atoms with E-state index in [9.17, 15) is 4.39 Å². The number of nitrogens with zero attached hydrogens (tertiary/aromatic N) is 1. The summed E-state index contributed by atoms with van der Waals surface area (Å²) in [4.78, 5) is 2.07. The molecule has 2 N–H and O–H groups in total. The van der Waals surface area contributed by atoms with E-state index in [1.807, 2.05) is 7.05 Å². The topological polar surface area (TPSA) is 29.3 Å². The summed E-state index contributed by atoms with van der Waals surface area (Å²) in [6.45, 7) is 0.901. The highest BCUT2D eigenvalue weighted by molar-refractivity contribution is 6.30. The largest absolute Gasteiger partial charge is 0.326 e. The second kappa shape index (κ2) is 4.08. The highest BCUT2D eigenvalue weighted by atomic mass is 35.5. The highest BCUT2D eigenvalue weighted by Gasteiger charge is 2.32. The maximum absolute atomic E-state index is 13.6. The predicted octanol–water partition coefficient (Wildman–Crippen LogP) is 2.18. The average Bonchev–Trinajstić information content (AvgIpc) is 2.51. The Balaban J connectivity index is 2.39. The van der Waals surface area contributed by atoms with Crippen molar-refractivity contribution < 1.29 is 4.39 Å². The predicted molar refractivity (Wildman–Crippen MR) is 59.4 cm³/mol. The van der Waals surface area contributed by atoms with Crippen LogP contribution in [-0.4, -0.2) is 24.5 Å². The second-order valence-electron chi connectivity index (χ2n) is 4.04. The molecule has 2 unspecified atom stereocenters. The number of hydrogen-bond donors (Lipinski definition) is 1. The fourth-order valence-corrected chi connectivity index (χ4v) is 2.37. The molecule has 2 nitrogen and oxygen atoms in total. The first kappa shape index (κ1) is 10.9. The molecular formula is C11H14ClFN2. The fraction of sp³-hybridized carbons (Fsp3) is 0.455. The van der Waals surface area contributed by atoms with E-state index in [0.717, 1.165) is 13.0 Å². The van der Waals surface area contributed by atoms with E-state index in [1.54, 1.807) is 12.1 Å². The maximum atomic E-state index is 13.6. The molecule has 1 aliphatic heterocycles. The summed E-state index contributed by atoms with van der Waals surface area (Å²) in [5, 5.41) is 0.555. The Bertz CT molecular complexity index is 360. The molecule has 0 spiro atoms. The Morgan fingerprint density at radius 3 is 2.87 bits per heavy atom. The van der Waals surface area contributed by atoms with Crippen LogP contribution in [0.4, 0.5) is 4.39 Å². The molecule has 0 aromatic heterocycles. The van der Waals surface area contributed by atoms with Crippen LogP contribution >= 0.6 is 11.6 Å². The van der Waals surface area contributed by atoms with Gasteiger partial charge in [-0.15, -0.1) is 0 Å². The number of benzene rings is 1. The van der Waals surface area contributed by atoms with Gasteiger partial charge in [0.05, 0.1) is 6.04 Å². The van der Waals surface area contributed by atoms with Crippen molar-refractivity contribution in [3.05, 3.63) is 34.6 Å². The molecule has 2 atom stereocenters. The minimum atomic E-state index is -0.228.